The maximum absolute atomic E-state index is 11.7. The van der Waals surface area contributed by atoms with E-state index in [0.717, 1.165) is 23.0 Å². The van der Waals surface area contributed by atoms with Crippen molar-refractivity contribution >= 4 is 28.3 Å². The predicted molar refractivity (Wildman–Crippen MR) is 96.5 cm³/mol. The summed E-state index contributed by atoms with van der Waals surface area (Å²) >= 11 is 1.63. The van der Waals surface area contributed by atoms with Gasteiger partial charge >= 0.3 is 0 Å². The number of hydrogen-bond acceptors (Lipinski definition) is 4. The largest absolute Gasteiger partial charge is 0.291 e. The molecule has 0 aliphatic carbocycles. The number of aromatic amines is 1. The van der Waals surface area contributed by atoms with Crippen LogP contribution in [0.3, 0.4) is 0 Å². The standard InChI is InChI=1S/C18H16N4OS/c1-2-14-10-16(23)19-17-20-21-18(22(14)17)24-11-13-8-5-7-12-6-3-4-9-15(12)13/h3-10H,2,11H2,1H3,(H,19,20,23). The van der Waals surface area contributed by atoms with Crippen LogP contribution >= 0.6 is 11.8 Å². The minimum absolute atomic E-state index is 0.141. The fourth-order valence-corrected chi connectivity index (χ4v) is 3.85. The Hall–Kier alpha value is -2.60. The molecule has 0 saturated carbocycles. The third kappa shape index (κ3) is 2.59. The topological polar surface area (TPSA) is 63.0 Å². The Labute approximate surface area is 142 Å². The zero-order chi connectivity index (χ0) is 16.5. The lowest BCUT2D eigenvalue weighted by Crippen LogP contribution is -2.11. The third-order valence-corrected chi connectivity index (χ3v) is 5.03. The summed E-state index contributed by atoms with van der Waals surface area (Å²) < 4.78 is 1.93. The van der Waals surface area contributed by atoms with Crippen LogP contribution in [0, 0.1) is 0 Å². The van der Waals surface area contributed by atoms with E-state index in [2.05, 4.69) is 57.6 Å². The first-order chi connectivity index (χ1) is 11.8. The van der Waals surface area contributed by atoms with Gasteiger partial charge in [0.1, 0.15) is 0 Å². The van der Waals surface area contributed by atoms with Crippen LogP contribution in [0.4, 0.5) is 0 Å². The van der Waals surface area contributed by atoms with E-state index in [-0.39, 0.29) is 5.56 Å². The molecule has 6 heteroatoms. The van der Waals surface area contributed by atoms with Crippen LogP contribution in [-0.2, 0) is 12.2 Å². The van der Waals surface area contributed by atoms with Crippen LogP contribution in [0.15, 0.2) is 58.5 Å². The molecule has 0 atom stereocenters. The van der Waals surface area contributed by atoms with Crippen molar-refractivity contribution < 1.29 is 0 Å². The molecule has 0 bridgehead atoms. The zero-order valence-corrected chi connectivity index (χ0v) is 14.0. The first-order valence-corrected chi connectivity index (χ1v) is 8.81. The maximum atomic E-state index is 11.7. The van der Waals surface area contributed by atoms with E-state index in [1.54, 1.807) is 17.8 Å². The molecule has 0 unspecified atom stereocenters. The van der Waals surface area contributed by atoms with E-state index in [1.807, 2.05) is 11.3 Å². The second kappa shape index (κ2) is 6.13. The van der Waals surface area contributed by atoms with Crippen molar-refractivity contribution in [1.29, 1.82) is 0 Å². The number of rotatable bonds is 4. The second-order valence-electron chi connectivity index (χ2n) is 5.55. The minimum Gasteiger partial charge on any atom is -0.291 e. The number of fused-ring (bicyclic) bond motifs is 2. The quantitative estimate of drug-likeness (QED) is 0.580. The van der Waals surface area contributed by atoms with Crippen molar-refractivity contribution in [2.24, 2.45) is 0 Å². The molecule has 5 nitrogen and oxygen atoms in total. The summed E-state index contributed by atoms with van der Waals surface area (Å²) in [5, 5.41) is 11.6. The van der Waals surface area contributed by atoms with Gasteiger partial charge in [-0.3, -0.25) is 14.2 Å². The van der Waals surface area contributed by atoms with Crippen molar-refractivity contribution in [3.63, 3.8) is 0 Å². The number of thioether (sulfide) groups is 1. The maximum Gasteiger partial charge on any atom is 0.252 e. The monoisotopic (exact) mass is 336 g/mol. The summed E-state index contributed by atoms with van der Waals surface area (Å²) in [6, 6.07) is 16.3. The van der Waals surface area contributed by atoms with Gasteiger partial charge in [-0.1, -0.05) is 61.2 Å². The van der Waals surface area contributed by atoms with Crippen molar-refractivity contribution in [3.8, 4) is 0 Å². The van der Waals surface area contributed by atoms with Gasteiger partial charge in [-0.05, 0) is 22.8 Å². The molecule has 4 rings (SSSR count). The number of benzene rings is 2. The lowest BCUT2D eigenvalue weighted by molar-refractivity contribution is 0.850. The molecule has 24 heavy (non-hydrogen) atoms. The Morgan fingerprint density at radius 2 is 1.96 bits per heavy atom. The molecule has 0 aliphatic rings. The Morgan fingerprint density at radius 3 is 2.83 bits per heavy atom. The van der Waals surface area contributed by atoms with Gasteiger partial charge in [0.05, 0.1) is 0 Å². The molecule has 0 fully saturated rings. The van der Waals surface area contributed by atoms with Crippen molar-refractivity contribution in [3.05, 3.63) is 70.1 Å². The third-order valence-electron chi connectivity index (χ3n) is 4.05. The van der Waals surface area contributed by atoms with E-state index >= 15 is 0 Å². The van der Waals surface area contributed by atoms with E-state index in [1.165, 1.54) is 16.3 Å². The van der Waals surface area contributed by atoms with Crippen LogP contribution < -0.4 is 5.56 Å². The molecule has 2 aromatic carbocycles. The fraction of sp³-hybridized carbons (Fsp3) is 0.167. The van der Waals surface area contributed by atoms with Gasteiger partial charge in [-0.2, -0.15) is 0 Å². The normalized spacial score (nSPS) is 11.4. The molecule has 120 valence electrons. The first kappa shape index (κ1) is 15.0. The van der Waals surface area contributed by atoms with E-state index in [9.17, 15) is 4.79 Å². The number of nitrogens with one attached hydrogen (secondary N) is 1. The average molecular weight is 336 g/mol. The van der Waals surface area contributed by atoms with Gasteiger partial charge in [0.2, 0.25) is 5.78 Å². The lowest BCUT2D eigenvalue weighted by Gasteiger charge is -2.07. The van der Waals surface area contributed by atoms with Gasteiger partial charge in [-0.15, -0.1) is 10.2 Å². The molecule has 0 aliphatic heterocycles. The summed E-state index contributed by atoms with van der Waals surface area (Å²) in [6.45, 7) is 2.02. The summed E-state index contributed by atoms with van der Waals surface area (Å²) in [7, 11) is 0. The van der Waals surface area contributed by atoms with Crippen LogP contribution in [0.25, 0.3) is 16.6 Å². The smallest absolute Gasteiger partial charge is 0.252 e. The molecule has 4 aromatic rings. The summed E-state index contributed by atoms with van der Waals surface area (Å²) in [4.78, 5) is 14.4. The molecule has 2 aromatic heterocycles. The zero-order valence-electron chi connectivity index (χ0n) is 13.2. The molecule has 1 N–H and O–H groups in total. The van der Waals surface area contributed by atoms with Crippen LogP contribution in [0.2, 0.25) is 0 Å². The summed E-state index contributed by atoms with van der Waals surface area (Å²) in [5.74, 6) is 1.30. The number of H-pyrrole nitrogens is 1. The van der Waals surface area contributed by atoms with Crippen LogP contribution in [-0.4, -0.2) is 19.6 Å². The SMILES string of the molecule is CCc1cc(=O)[nH]c2nnc(SCc3cccc4ccccc34)n12. The predicted octanol–water partition coefficient (Wildman–Crippen LogP) is 3.43. The number of nitrogens with zero attached hydrogens (tertiary/aromatic N) is 3. The van der Waals surface area contributed by atoms with Crippen molar-refractivity contribution in [2.75, 3.05) is 0 Å². The summed E-state index contributed by atoms with van der Waals surface area (Å²) in [6.07, 6.45) is 0.750. The number of aromatic nitrogens is 4. The van der Waals surface area contributed by atoms with Gasteiger partial charge in [-0.25, -0.2) is 0 Å². The van der Waals surface area contributed by atoms with E-state index in [0.29, 0.717) is 5.78 Å². The average Bonchev–Trinajstić information content (AvgIpc) is 3.02. The molecular formula is C18H16N4OS. The van der Waals surface area contributed by atoms with Crippen LogP contribution in [0.1, 0.15) is 18.2 Å². The summed E-state index contributed by atoms with van der Waals surface area (Å²) in [5.41, 5.74) is 2.04. The molecule has 0 amide bonds. The Morgan fingerprint density at radius 1 is 1.12 bits per heavy atom. The Bertz CT molecular complexity index is 1080. The van der Waals surface area contributed by atoms with Crippen molar-refractivity contribution in [1.82, 2.24) is 19.6 Å². The Kier molecular flexibility index (Phi) is 3.82. The second-order valence-corrected chi connectivity index (χ2v) is 6.49. The van der Waals surface area contributed by atoms with E-state index in [4.69, 9.17) is 0 Å². The molecular weight excluding hydrogens is 320 g/mol. The first-order valence-electron chi connectivity index (χ1n) is 7.83. The van der Waals surface area contributed by atoms with Gasteiger partial charge in [0.25, 0.3) is 5.56 Å². The van der Waals surface area contributed by atoms with Gasteiger partial charge in [0, 0.05) is 17.5 Å². The molecule has 2 heterocycles. The van der Waals surface area contributed by atoms with Gasteiger partial charge in [0.15, 0.2) is 5.16 Å². The highest BCUT2D eigenvalue weighted by atomic mass is 32.2. The molecule has 0 spiro atoms. The molecule has 0 radical (unpaired) electrons. The van der Waals surface area contributed by atoms with Crippen LogP contribution in [0.5, 0.6) is 0 Å². The van der Waals surface area contributed by atoms with Gasteiger partial charge < -0.3 is 0 Å². The Balaban J connectivity index is 1.71. The van der Waals surface area contributed by atoms with E-state index < -0.39 is 0 Å². The minimum atomic E-state index is -0.141. The number of hydrogen-bond donors (Lipinski definition) is 1. The highest BCUT2D eigenvalue weighted by Gasteiger charge is 2.11. The van der Waals surface area contributed by atoms with Crippen molar-refractivity contribution in [2.45, 2.75) is 24.3 Å². The molecule has 0 saturated heterocycles. The highest BCUT2D eigenvalue weighted by molar-refractivity contribution is 7.98. The lowest BCUT2D eigenvalue weighted by atomic mass is 10.1. The fourth-order valence-electron chi connectivity index (χ4n) is 2.89. The highest BCUT2D eigenvalue weighted by Crippen LogP contribution is 2.26. The number of aryl methyl sites for hydroxylation is 1.